The lowest BCUT2D eigenvalue weighted by Gasteiger charge is -2.29. The number of hydrogen-bond acceptors (Lipinski definition) is 7. The standard InChI is InChI=1S/C9H12O6.C8H9F2N/c1-9(2)14-7(11)6(8(12)15-9)5(10)4-13-3;1-5-2-7(9)6(4-11)8(10)3-5/h10H,4H2,1-3H3;2-3H,4,11H2,1H3. The molecule has 0 aromatic heterocycles. The van der Waals surface area contributed by atoms with Gasteiger partial charge in [-0.25, -0.2) is 18.4 Å². The van der Waals surface area contributed by atoms with Crippen LogP contribution in [0.5, 0.6) is 0 Å². The summed E-state index contributed by atoms with van der Waals surface area (Å²) in [7, 11) is 1.32. The number of methoxy groups -OCH3 is 1. The first-order valence-corrected chi connectivity index (χ1v) is 7.54. The van der Waals surface area contributed by atoms with Gasteiger partial charge >= 0.3 is 11.9 Å². The maximum absolute atomic E-state index is 12.8. The Labute approximate surface area is 149 Å². The lowest BCUT2D eigenvalue weighted by atomic mass is 10.1. The van der Waals surface area contributed by atoms with Gasteiger partial charge in [0.15, 0.2) is 5.57 Å². The summed E-state index contributed by atoms with van der Waals surface area (Å²) >= 11 is 0. The molecule has 0 saturated carbocycles. The molecular formula is C17H21F2NO6. The van der Waals surface area contributed by atoms with Crippen molar-refractivity contribution in [2.75, 3.05) is 13.7 Å². The molecule has 0 unspecified atom stereocenters. The van der Waals surface area contributed by atoms with Crippen molar-refractivity contribution in [3.8, 4) is 0 Å². The molecular weight excluding hydrogens is 352 g/mol. The number of ether oxygens (including phenoxy) is 3. The average molecular weight is 373 g/mol. The van der Waals surface area contributed by atoms with Crippen molar-refractivity contribution < 1.29 is 37.7 Å². The van der Waals surface area contributed by atoms with Gasteiger partial charge in [-0.15, -0.1) is 0 Å². The van der Waals surface area contributed by atoms with Gasteiger partial charge in [0.05, 0.1) is 0 Å². The lowest BCUT2D eigenvalue weighted by Crippen LogP contribution is -2.42. The number of hydrogen-bond donors (Lipinski definition) is 2. The molecule has 0 aliphatic carbocycles. The van der Waals surface area contributed by atoms with Crippen LogP contribution in [-0.4, -0.2) is 36.5 Å². The molecule has 1 aromatic rings. The Morgan fingerprint density at radius 1 is 1.19 bits per heavy atom. The van der Waals surface area contributed by atoms with Gasteiger partial charge in [0, 0.05) is 33.1 Å². The van der Waals surface area contributed by atoms with E-state index in [9.17, 15) is 23.5 Å². The first-order chi connectivity index (χ1) is 12.0. The Morgan fingerprint density at radius 3 is 2.04 bits per heavy atom. The Balaban J connectivity index is 0.000000273. The Hall–Kier alpha value is -2.52. The van der Waals surface area contributed by atoms with Crippen molar-refractivity contribution in [2.24, 2.45) is 5.73 Å². The maximum atomic E-state index is 12.8. The number of cyclic esters (lactones) is 2. The van der Waals surface area contributed by atoms with Gasteiger partial charge in [-0.05, 0) is 24.6 Å². The zero-order valence-corrected chi connectivity index (χ0v) is 14.9. The monoisotopic (exact) mass is 373 g/mol. The van der Waals surface area contributed by atoms with Crippen molar-refractivity contribution >= 4 is 11.9 Å². The van der Waals surface area contributed by atoms with Crippen molar-refractivity contribution in [3.63, 3.8) is 0 Å². The molecule has 1 aliphatic heterocycles. The summed E-state index contributed by atoms with van der Waals surface area (Å²) < 4.78 is 39.7. The van der Waals surface area contributed by atoms with Crippen LogP contribution < -0.4 is 5.73 Å². The van der Waals surface area contributed by atoms with E-state index in [1.54, 1.807) is 6.92 Å². The molecule has 1 aromatic carbocycles. The molecule has 0 bridgehead atoms. The minimum Gasteiger partial charge on any atom is -0.509 e. The summed E-state index contributed by atoms with van der Waals surface area (Å²) in [5, 5.41) is 9.34. The third-order valence-corrected chi connectivity index (χ3v) is 3.14. The Bertz CT molecular complexity index is 685. The summed E-state index contributed by atoms with van der Waals surface area (Å²) in [5.74, 6) is -4.75. The van der Waals surface area contributed by atoms with Crippen molar-refractivity contribution in [1.29, 1.82) is 0 Å². The number of nitrogens with two attached hydrogens (primary N) is 1. The number of carbonyl (C=O) groups is 2. The molecule has 3 N–H and O–H groups in total. The highest BCUT2D eigenvalue weighted by Gasteiger charge is 2.41. The van der Waals surface area contributed by atoms with Gasteiger partial charge in [0.2, 0.25) is 0 Å². The zero-order valence-electron chi connectivity index (χ0n) is 14.9. The maximum Gasteiger partial charge on any atom is 0.352 e. The second kappa shape index (κ2) is 8.72. The van der Waals surface area contributed by atoms with E-state index in [0.29, 0.717) is 5.56 Å². The normalized spacial score (nSPS) is 15.6. The van der Waals surface area contributed by atoms with Crippen LogP contribution in [0.4, 0.5) is 8.78 Å². The van der Waals surface area contributed by atoms with Gasteiger partial charge in [0.25, 0.3) is 5.79 Å². The summed E-state index contributed by atoms with van der Waals surface area (Å²) in [6.07, 6.45) is 0. The van der Waals surface area contributed by atoms with Crippen LogP contribution in [0, 0.1) is 18.6 Å². The molecule has 26 heavy (non-hydrogen) atoms. The first kappa shape index (κ1) is 21.5. The lowest BCUT2D eigenvalue weighted by molar-refractivity contribution is -0.222. The fraction of sp³-hybridized carbons (Fsp3) is 0.412. The average Bonchev–Trinajstić information content (AvgIpc) is 2.45. The fourth-order valence-corrected chi connectivity index (χ4v) is 2.02. The molecule has 7 nitrogen and oxygen atoms in total. The minimum absolute atomic E-state index is 0.0457. The predicted octanol–water partition coefficient (Wildman–Crippen LogP) is 2.01. The van der Waals surface area contributed by atoms with Gasteiger partial charge in [-0.1, -0.05) is 0 Å². The van der Waals surface area contributed by atoms with Gasteiger partial charge in [-0.3, -0.25) is 0 Å². The molecule has 1 saturated heterocycles. The molecule has 0 spiro atoms. The molecule has 0 radical (unpaired) electrons. The molecule has 1 heterocycles. The van der Waals surface area contributed by atoms with Crippen LogP contribution in [-0.2, 0) is 30.3 Å². The number of halogens is 2. The Morgan fingerprint density at radius 2 is 1.65 bits per heavy atom. The molecule has 1 aliphatic rings. The number of rotatable bonds is 3. The van der Waals surface area contributed by atoms with Crippen LogP contribution in [0.2, 0.25) is 0 Å². The minimum atomic E-state index is -1.30. The van der Waals surface area contributed by atoms with E-state index in [0.717, 1.165) is 0 Å². The Kier molecular flexibility index (Phi) is 7.22. The summed E-state index contributed by atoms with van der Waals surface area (Å²) in [6, 6.07) is 2.54. The topological polar surface area (TPSA) is 108 Å². The molecule has 144 valence electrons. The number of benzene rings is 1. The van der Waals surface area contributed by atoms with Crippen LogP contribution in [0.1, 0.15) is 25.0 Å². The highest BCUT2D eigenvalue weighted by atomic mass is 19.1. The van der Waals surface area contributed by atoms with Crippen molar-refractivity contribution in [2.45, 2.75) is 33.1 Å². The third-order valence-electron chi connectivity index (χ3n) is 3.14. The molecule has 1 fully saturated rings. The van der Waals surface area contributed by atoms with E-state index in [2.05, 4.69) is 4.74 Å². The highest BCUT2D eigenvalue weighted by molar-refractivity contribution is 6.15. The summed E-state index contributed by atoms with van der Waals surface area (Å²) in [4.78, 5) is 22.7. The number of aryl methyl sites for hydroxylation is 1. The fourth-order valence-electron chi connectivity index (χ4n) is 2.02. The number of aliphatic hydroxyl groups excluding tert-OH is 1. The largest absolute Gasteiger partial charge is 0.509 e. The van der Waals surface area contributed by atoms with Gasteiger partial charge in [-0.2, -0.15) is 0 Å². The van der Waals surface area contributed by atoms with E-state index >= 15 is 0 Å². The molecule has 2 rings (SSSR count). The predicted molar refractivity (Wildman–Crippen MR) is 86.8 cm³/mol. The quantitative estimate of drug-likeness (QED) is 0.361. The third kappa shape index (κ3) is 5.50. The van der Waals surface area contributed by atoms with E-state index in [-0.39, 0.29) is 18.7 Å². The van der Waals surface area contributed by atoms with Crippen LogP contribution in [0.3, 0.4) is 0 Å². The zero-order chi connectivity index (χ0) is 20.1. The number of carbonyl (C=O) groups excluding carboxylic acids is 2. The second-order valence-electron chi connectivity index (χ2n) is 5.84. The van der Waals surface area contributed by atoms with E-state index in [1.165, 1.54) is 33.1 Å². The van der Waals surface area contributed by atoms with Gasteiger partial charge in [0.1, 0.15) is 24.0 Å². The smallest absolute Gasteiger partial charge is 0.352 e. The van der Waals surface area contributed by atoms with Crippen molar-refractivity contribution in [1.82, 2.24) is 0 Å². The summed E-state index contributed by atoms with van der Waals surface area (Å²) in [5.41, 5.74) is 5.13. The molecule has 0 amide bonds. The summed E-state index contributed by atoms with van der Waals surface area (Å²) in [6.45, 7) is 4.13. The SMILES string of the molecule is COCC(O)=C1C(=O)OC(C)(C)OC1=O.Cc1cc(F)c(CN)c(F)c1. The van der Waals surface area contributed by atoms with Crippen LogP contribution in [0.15, 0.2) is 23.5 Å². The van der Waals surface area contributed by atoms with Crippen molar-refractivity contribution in [3.05, 3.63) is 46.2 Å². The van der Waals surface area contributed by atoms with E-state index in [1.807, 2.05) is 0 Å². The van der Waals surface area contributed by atoms with Gasteiger partial charge < -0.3 is 25.1 Å². The van der Waals surface area contributed by atoms with E-state index < -0.39 is 40.7 Å². The van der Waals surface area contributed by atoms with Crippen LogP contribution in [0.25, 0.3) is 0 Å². The first-order valence-electron chi connectivity index (χ1n) is 7.54. The second-order valence-corrected chi connectivity index (χ2v) is 5.84. The molecule has 0 atom stereocenters. The number of esters is 2. The molecule has 9 heteroatoms. The number of aliphatic hydroxyl groups is 1. The van der Waals surface area contributed by atoms with E-state index in [4.69, 9.17) is 15.2 Å². The highest BCUT2D eigenvalue weighted by Crippen LogP contribution is 2.23. The van der Waals surface area contributed by atoms with Crippen LogP contribution >= 0.6 is 0 Å².